The Kier molecular flexibility index (Phi) is 4.16. The minimum absolute atomic E-state index is 0. The summed E-state index contributed by atoms with van der Waals surface area (Å²) >= 11 is 0. The maximum atomic E-state index is 5.18. The van der Waals surface area contributed by atoms with E-state index in [0.29, 0.717) is 5.92 Å². The molecule has 0 aromatic heterocycles. The van der Waals surface area contributed by atoms with Gasteiger partial charge in [-0.15, -0.1) is 12.3 Å². The Morgan fingerprint density at radius 1 is 1.25 bits per heavy atom. The molecule has 40 valence electrons. The molecule has 0 aromatic rings. The van der Waals surface area contributed by atoms with E-state index in [9.17, 15) is 0 Å². The minimum atomic E-state index is 0. The average molecular weight is 102 g/mol. The van der Waals surface area contributed by atoms with Crippen LogP contribution in [0.5, 0.6) is 0 Å². The zero-order valence-corrected chi connectivity index (χ0v) is 4.48. The van der Waals surface area contributed by atoms with Crippen LogP contribution in [-0.2, 0) is 0 Å². The molecule has 1 aliphatic carbocycles. The van der Waals surface area contributed by atoms with Gasteiger partial charge in [0.1, 0.15) is 0 Å². The van der Waals surface area contributed by atoms with Crippen molar-refractivity contribution in [3.63, 3.8) is 0 Å². The first kappa shape index (κ1) is 8.16. The van der Waals surface area contributed by atoms with Gasteiger partial charge in [0.15, 0.2) is 0 Å². The van der Waals surface area contributed by atoms with Crippen molar-refractivity contribution in [2.24, 2.45) is 5.92 Å². The summed E-state index contributed by atoms with van der Waals surface area (Å²) in [5, 5.41) is 0. The van der Waals surface area contributed by atoms with E-state index in [1.165, 1.54) is 25.7 Å². The molecule has 1 heteroatoms. The van der Waals surface area contributed by atoms with Gasteiger partial charge in [-0.2, -0.15) is 0 Å². The molecule has 0 unspecified atom stereocenters. The van der Waals surface area contributed by atoms with Gasteiger partial charge in [0.25, 0.3) is 0 Å². The molecular formula is C7H11Li. The molecular weight excluding hydrogens is 91.0 g/mol. The predicted octanol–water partition coefficient (Wildman–Crippen LogP) is 1.16. The fourth-order valence-corrected chi connectivity index (χ4v) is 1.09. The Bertz CT molecular complexity index is 85.1. The van der Waals surface area contributed by atoms with E-state index >= 15 is 0 Å². The van der Waals surface area contributed by atoms with E-state index in [2.05, 4.69) is 5.92 Å². The quantitative estimate of drug-likeness (QED) is 0.318. The molecule has 1 fully saturated rings. The monoisotopic (exact) mass is 102 g/mol. The van der Waals surface area contributed by atoms with E-state index in [1.54, 1.807) is 0 Å². The first-order chi connectivity index (χ1) is 3.43. The van der Waals surface area contributed by atoms with Crippen molar-refractivity contribution in [2.45, 2.75) is 25.7 Å². The molecule has 0 aliphatic heterocycles. The third-order valence-corrected chi connectivity index (χ3v) is 1.59. The summed E-state index contributed by atoms with van der Waals surface area (Å²) in [7, 11) is 0. The van der Waals surface area contributed by atoms with Crippen LogP contribution in [0.15, 0.2) is 0 Å². The molecule has 0 saturated heterocycles. The normalized spacial score (nSPS) is 19.4. The number of rotatable bonds is 0. The predicted molar refractivity (Wildman–Crippen MR) is 37.9 cm³/mol. The number of hydrogen-bond donors (Lipinski definition) is 0. The summed E-state index contributed by atoms with van der Waals surface area (Å²) in [6.45, 7) is 0. The Hall–Kier alpha value is 0.157. The average Bonchev–Trinajstić information content (AvgIpc) is 2.14. The van der Waals surface area contributed by atoms with E-state index in [4.69, 9.17) is 6.42 Å². The van der Waals surface area contributed by atoms with Gasteiger partial charge in [0.2, 0.25) is 0 Å². The molecule has 0 nitrogen and oxygen atoms in total. The zero-order valence-electron chi connectivity index (χ0n) is 4.48. The van der Waals surface area contributed by atoms with Crippen LogP contribution < -0.4 is 0 Å². The topological polar surface area (TPSA) is 0 Å². The van der Waals surface area contributed by atoms with Gasteiger partial charge in [-0.1, -0.05) is 12.8 Å². The van der Waals surface area contributed by atoms with Crippen LogP contribution in [0, 0.1) is 18.3 Å². The van der Waals surface area contributed by atoms with Gasteiger partial charge in [-0.25, -0.2) is 0 Å². The van der Waals surface area contributed by atoms with Crippen molar-refractivity contribution < 1.29 is 0 Å². The van der Waals surface area contributed by atoms with E-state index in [-0.39, 0.29) is 18.9 Å². The van der Waals surface area contributed by atoms with Crippen LogP contribution in [0.3, 0.4) is 0 Å². The fraction of sp³-hybridized carbons (Fsp3) is 0.714. The first-order valence-electron chi connectivity index (χ1n) is 2.89. The summed E-state index contributed by atoms with van der Waals surface area (Å²) < 4.78 is 0. The summed E-state index contributed by atoms with van der Waals surface area (Å²) in [4.78, 5) is 0. The molecule has 1 aliphatic rings. The summed E-state index contributed by atoms with van der Waals surface area (Å²) in [6, 6.07) is 0. The summed E-state index contributed by atoms with van der Waals surface area (Å²) in [5.41, 5.74) is 0. The van der Waals surface area contributed by atoms with Crippen LogP contribution in [0.2, 0.25) is 0 Å². The van der Waals surface area contributed by atoms with Crippen LogP contribution in [0.1, 0.15) is 25.7 Å². The molecule has 0 bridgehead atoms. The SMILES string of the molecule is C#CC1CCCC1.[LiH]. The second-order valence-electron chi connectivity index (χ2n) is 2.15. The van der Waals surface area contributed by atoms with Crippen molar-refractivity contribution >= 4 is 18.9 Å². The molecule has 0 heterocycles. The Balaban J connectivity index is 0.000000490. The molecule has 0 aromatic carbocycles. The van der Waals surface area contributed by atoms with Gasteiger partial charge in [0, 0.05) is 5.92 Å². The Morgan fingerprint density at radius 3 is 2.00 bits per heavy atom. The van der Waals surface area contributed by atoms with Crippen LogP contribution in [-0.4, -0.2) is 18.9 Å². The van der Waals surface area contributed by atoms with Crippen molar-refractivity contribution in [1.82, 2.24) is 0 Å². The van der Waals surface area contributed by atoms with E-state index in [1.807, 2.05) is 0 Å². The van der Waals surface area contributed by atoms with Gasteiger partial charge in [-0.05, 0) is 12.8 Å². The molecule has 0 atom stereocenters. The fourth-order valence-electron chi connectivity index (χ4n) is 1.09. The second-order valence-corrected chi connectivity index (χ2v) is 2.15. The third-order valence-electron chi connectivity index (χ3n) is 1.59. The summed E-state index contributed by atoms with van der Waals surface area (Å²) in [6.07, 6.45) is 10.4. The molecule has 0 amide bonds. The van der Waals surface area contributed by atoms with Crippen molar-refractivity contribution in [3.8, 4) is 12.3 Å². The molecule has 0 spiro atoms. The molecule has 8 heavy (non-hydrogen) atoms. The maximum absolute atomic E-state index is 5.18. The molecule has 1 rings (SSSR count). The van der Waals surface area contributed by atoms with Crippen LogP contribution in [0.4, 0.5) is 0 Å². The van der Waals surface area contributed by atoms with Gasteiger partial charge in [-0.3, -0.25) is 0 Å². The Morgan fingerprint density at radius 2 is 1.75 bits per heavy atom. The standard InChI is InChI=1S/C7H10.Li.H/c1-2-7-5-3-4-6-7;;/h1,7H,3-6H2;;. The van der Waals surface area contributed by atoms with Gasteiger partial charge in [0.05, 0.1) is 0 Å². The van der Waals surface area contributed by atoms with Crippen molar-refractivity contribution in [2.75, 3.05) is 0 Å². The van der Waals surface area contributed by atoms with E-state index < -0.39 is 0 Å². The number of terminal acetylenes is 1. The van der Waals surface area contributed by atoms with Gasteiger partial charge < -0.3 is 0 Å². The number of hydrogen-bond acceptors (Lipinski definition) is 0. The van der Waals surface area contributed by atoms with Crippen LogP contribution in [0.25, 0.3) is 0 Å². The second kappa shape index (κ2) is 4.08. The molecule has 0 N–H and O–H groups in total. The first-order valence-corrected chi connectivity index (χ1v) is 2.89. The Labute approximate surface area is 63.2 Å². The van der Waals surface area contributed by atoms with Gasteiger partial charge >= 0.3 is 18.9 Å². The summed E-state index contributed by atoms with van der Waals surface area (Å²) in [5.74, 6) is 3.39. The van der Waals surface area contributed by atoms with E-state index in [0.717, 1.165) is 0 Å². The molecule has 1 saturated carbocycles. The van der Waals surface area contributed by atoms with Crippen LogP contribution >= 0.6 is 0 Å². The third kappa shape index (κ3) is 1.95. The molecule has 0 radical (unpaired) electrons. The van der Waals surface area contributed by atoms with Crippen molar-refractivity contribution in [1.29, 1.82) is 0 Å². The zero-order chi connectivity index (χ0) is 5.11. The van der Waals surface area contributed by atoms with Crippen molar-refractivity contribution in [3.05, 3.63) is 0 Å².